The van der Waals surface area contributed by atoms with Crippen molar-refractivity contribution >= 4 is 5.71 Å². The van der Waals surface area contributed by atoms with Crippen molar-refractivity contribution in [3.05, 3.63) is 35.4 Å². The smallest absolute Gasteiger partial charge is 0.0834 e. The highest BCUT2D eigenvalue weighted by molar-refractivity contribution is 5.96. The highest BCUT2D eigenvalue weighted by atomic mass is 16.5. The Morgan fingerprint density at radius 1 is 1.56 bits per heavy atom. The fourth-order valence-electron chi connectivity index (χ4n) is 1.75. The van der Waals surface area contributed by atoms with Crippen LogP contribution in [0.5, 0.6) is 0 Å². The number of ether oxygens (including phenoxy) is 2. The predicted octanol–water partition coefficient (Wildman–Crippen LogP) is 2.38. The fraction of sp³-hybridized carbons (Fsp3) is 0.462. The van der Waals surface area contributed by atoms with Crippen LogP contribution in [0.15, 0.2) is 24.3 Å². The first-order valence-corrected chi connectivity index (χ1v) is 5.59. The van der Waals surface area contributed by atoms with Gasteiger partial charge in [0.25, 0.3) is 0 Å². The molecule has 1 aromatic carbocycles. The normalized spacial score (nSPS) is 19.9. The molecule has 3 heteroatoms. The molecule has 1 aliphatic heterocycles. The lowest BCUT2D eigenvalue weighted by Gasteiger charge is -2.10. The zero-order valence-electron chi connectivity index (χ0n) is 9.53. The van der Waals surface area contributed by atoms with Gasteiger partial charge in [-0.3, -0.25) is 0 Å². The Hall–Kier alpha value is -1.19. The largest absolute Gasteiger partial charge is 0.379 e. The second kappa shape index (κ2) is 5.23. The van der Waals surface area contributed by atoms with E-state index in [2.05, 4.69) is 0 Å². The van der Waals surface area contributed by atoms with Crippen LogP contribution in [0.25, 0.3) is 0 Å². The molecule has 3 nitrogen and oxygen atoms in total. The zero-order valence-corrected chi connectivity index (χ0v) is 9.53. The van der Waals surface area contributed by atoms with Gasteiger partial charge in [0.1, 0.15) is 0 Å². The van der Waals surface area contributed by atoms with Crippen molar-refractivity contribution in [3.8, 4) is 0 Å². The summed E-state index contributed by atoms with van der Waals surface area (Å²) in [5.41, 5.74) is 2.67. The molecule has 1 N–H and O–H groups in total. The van der Waals surface area contributed by atoms with E-state index in [1.54, 1.807) is 6.92 Å². The van der Waals surface area contributed by atoms with E-state index in [-0.39, 0.29) is 6.10 Å². The first kappa shape index (κ1) is 11.3. The molecule has 1 fully saturated rings. The number of hydrogen-bond donors (Lipinski definition) is 1. The maximum absolute atomic E-state index is 7.57. The summed E-state index contributed by atoms with van der Waals surface area (Å²) in [6, 6.07) is 7.96. The van der Waals surface area contributed by atoms with E-state index in [0.717, 1.165) is 24.2 Å². The molecule has 0 amide bonds. The topological polar surface area (TPSA) is 42.3 Å². The Balaban J connectivity index is 1.93. The van der Waals surface area contributed by atoms with Gasteiger partial charge >= 0.3 is 0 Å². The van der Waals surface area contributed by atoms with E-state index >= 15 is 0 Å². The van der Waals surface area contributed by atoms with Gasteiger partial charge in [0.05, 0.1) is 19.3 Å². The van der Waals surface area contributed by atoms with Crippen LogP contribution in [-0.4, -0.2) is 25.0 Å². The summed E-state index contributed by atoms with van der Waals surface area (Å²) in [7, 11) is 0. The minimum atomic E-state index is 0.240. The van der Waals surface area contributed by atoms with Crippen molar-refractivity contribution in [3.63, 3.8) is 0 Å². The first-order chi connectivity index (χ1) is 7.75. The average Bonchev–Trinajstić information content (AvgIpc) is 2.79. The maximum Gasteiger partial charge on any atom is 0.0834 e. The quantitative estimate of drug-likeness (QED) is 0.790. The number of rotatable bonds is 4. The van der Waals surface area contributed by atoms with E-state index in [1.165, 1.54) is 0 Å². The van der Waals surface area contributed by atoms with Gasteiger partial charge in [-0.15, -0.1) is 0 Å². The monoisotopic (exact) mass is 219 g/mol. The molecule has 16 heavy (non-hydrogen) atoms. The van der Waals surface area contributed by atoms with Crippen molar-refractivity contribution in [2.24, 2.45) is 0 Å². The van der Waals surface area contributed by atoms with Crippen molar-refractivity contribution < 1.29 is 9.47 Å². The van der Waals surface area contributed by atoms with E-state index in [4.69, 9.17) is 14.9 Å². The molecule has 1 heterocycles. The van der Waals surface area contributed by atoms with Crippen LogP contribution in [-0.2, 0) is 16.1 Å². The molecule has 1 aromatic rings. The van der Waals surface area contributed by atoms with Crippen molar-refractivity contribution in [2.45, 2.75) is 26.1 Å². The van der Waals surface area contributed by atoms with Crippen molar-refractivity contribution in [1.29, 1.82) is 5.41 Å². The van der Waals surface area contributed by atoms with Crippen LogP contribution < -0.4 is 0 Å². The van der Waals surface area contributed by atoms with E-state index in [1.807, 2.05) is 24.3 Å². The van der Waals surface area contributed by atoms with Crippen molar-refractivity contribution in [2.75, 3.05) is 13.2 Å². The van der Waals surface area contributed by atoms with E-state index < -0.39 is 0 Å². The molecule has 0 radical (unpaired) electrons. The van der Waals surface area contributed by atoms with E-state index in [0.29, 0.717) is 18.9 Å². The summed E-state index contributed by atoms with van der Waals surface area (Å²) < 4.78 is 11.0. The molecule has 0 aromatic heterocycles. The highest BCUT2D eigenvalue weighted by Gasteiger charge is 2.15. The molecule has 86 valence electrons. The lowest BCUT2D eigenvalue weighted by molar-refractivity contribution is 0.0317. The summed E-state index contributed by atoms with van der Waals surface area (Å²) in [5.74, 6) is 0. The molecule has 0 saturated carbocycles. The molecule has 0 spiro atoms. The van der Waals surface area contributed by atoms with Gasteiger partial charge in [-0.05, 0) is 30.5 Å². The molecule has 0 bridgehead atoms. The zero-order chi connectivity index (χ0) is 11.4. The third-order valence-electron chi connectivity index (χ3n) is 2.73. The molecule has 1 aliphatic rings. The maximum atomic E-state index is 7.57. The predicted molar refractivity (Wildman–Crippen MR) is 63.0 cm³/mol. The van der Waals surface area contributed by atoms with Crippen LogP contribution in [0.4, 0.5) is 0 Å². The third kappa shape index (κ3) is 2.90. The molecular weight excluding hydrogens is 202 g/mol. The Labute approximate surface area is 95.9 Å². The van der Waals surface area contributed by atoms with Gasteiger partial charge in [0.15, 0.2) is 0 Å². The molecule has 1 saturated heterocycles. The van der Waals surface area contributed by atoms with Crippen LogP contribution >= 0.6 is 0 Å². The second-order valence-electron chi connectivity index (χ2n) is 4.12. The van der Waals surface area contributed by atoms with Crippen LogP contribution in [0.1, 0.15) is 24.5 Å². The lowest BCUT2D eigenvalue weighted by Crippen LogP contribution is -2.12. The number of benzene rings is 1. The Kier molecular flexibility index (Phi) is 3.70. The van der Waals surface area contributed by atoms with Crippen LogP contribution in [0, 0.1) is 5.41 Å². The summed E-state index contributed by atoms with van der Waals surface area (Å²) in [6.45, 7) is 3.92. The Morgan fingerprint density at radius 3 is 3.12 bits per heavy atom. The van der Waals surface area contributed by atoms with Gasteiger partial charge in [0, 0.05) is 12.3 Å². The van der Waals surface area contributed by atoms with E-state index in [9.17, 15) is 0 Å². The summed E-state index contributed by atoms with van der Waals surface area (Å²) in [4.78, 5) is 0. The summed E-state index contributed by atoms with van der Waals surface area (Å²) in [6.07, 6.45) is 1.23. The second-order valence-corrected chi connectivity index (χ2v) is 4.12. The number of hydrogen-bond acceptors (Lipinski definition) is 3. The molecule has 1 atom stereocenters. The van der Waals surface area contributed by atoms with Gasteiger partial charge in [-0.25, -0.2) is 0 Å². The Morgan fingerprint density at radius 2 is 2.44 bits per heavy atom. The number of nitrogens with one attached hydrogen (secondary N) is 1. The molecule has 1 unspecified atom stereocenters. The average molecular weight is 219 g/mol. The first-order valence-electron chi connectivity index (χ1n) is 5.59. The van der Waals surface area contributed by atoms with Gasteiger partial charge in [-0.2, -0.15) is 0 Å². The molecular formula is C13H17NO2. The van der Waals surface area contributed by atoms with Crippen LogP contribution in [0.2, 0.25) is 0 Å². The summed E-state index contributed by atoms with van der Waals surface area (Å²) in [5, 5.41) is 7.57. The summed E-state index contributed by atoms with van der Waals surface area (Å²) >= 11 is 0. The third-order valence-corrected chi connectivity index (χ3v) is 2.73. The van der Waals surface area contributed by atoms with Gasteiger partial charge in [0.2, 0.25) is 0 Å². The van der Waals surface area contributed by atoms with Gasteiger partial charge in [-0.1, -0.05) is 18.2 Å². The van der Waals surface area contributed by atoms with Crippen LogP contribution in [0.3, 0.4) is 0 Å². The minimum Gasteiger partial charge on any atom is -0.379 e. The minimum absolute atomic E-state index is 0.240. The standard InChI is InChI=1S/C13H17NO2/c1-10(14)12-4-2-3-11(7-12)8-16-13-5-6-15-9-13/h2-4,7,13-14H,5-6,8-9H2,1H3. The Bertz CT molecular complexity index is 370. The highest BCUT2D eigenvalue weighted by Crippen LogP contribution is 2.13. The SMILES string of the molecule is CC(=N)c1cccc(COC2CCOC2)c1. The fourth-order valence-corrected chi connectivity index (χ4v) is 1.75. The van der Waals surface area contributed by atoms with Crippen molar-refractivity contribution in [1.82, 2.24) is 0 Å². The molecule has 2 rings (SSSR count). The lowest BCUT2D eigenvalue weighted by atomic mass is 10.1. The van der Waals surface area contributed by atoms with Gasteiger partial charge < -0.3 is 14.9 Å². The molecule has 0 aliphatic carbocycles.